The van der Waals surface area contributed by atoms with Crippen LogP contribution in [0.15, 0.2) is 24.3 Å². The summed E-state index contributed by atoms with van der Waals surface area (Å²) in [5.74, 6) is 1.59. The molecule has 2 heterocycles. The van der Waals surface area contributed by atoms with Crippen LogP contribution in [0.4, 0.5) is 0 Å². The predicted molar refractivity (Wildman–Crippen MR) is 88.2 cm³/mol. The highest BCUT2D eigenvalue weighted by atomic mass is 16.5. The smallest absolute Gasteiger partial charge is 0.118 e. The number of benzene rings is 1. The molecule has 1 aromatic carbocycles. The van der Waals surface area contributed by atoms with Gasteiger partial charge >= 0.3 is 0 Å². The first kappa shape index (κ1) is 15.8. The second-order valence-electron chi connectivity index (χ2n) is 6.78. The van der Waals surface area contributed by atoms with Crippen LogP contribution in [-0.2, 0) is 11.3 Å². The number of nitrogens with zero attached hydrogens (tertiary/aromatic N) is 1. The predicted octanol–water partition coefficient (Wildman–Crippen LogP) is 2.14. The molecule has 0 saturated carbocycles. The Kier molecular flexibility index (Phi) is 5.01. The SMILES string of the molecule is COCC1CN(Cc2ccc(OC)cc2)CC12CCNCC2. The van der Waals surface area contributed by atoms with Crippen molar-refractivity contribution in [3.05, 3.63) is 29.8 Å². The Balaban J connectivity index is 1.67. The summed E-state index contributed by atoms with van der Waals surface area (Å²) in [5.41, 5.74) is 1.82. The molecule has 1 N–H and O–H groups in total. The van der Waals surface area contributed by atoms with Crippen LogP contribution >= 0.6 is 0 Å². The molecule has 0 aliphatic carbocycles. The Bertz CT molecular complexity index is 468. The lowest BCUT2D eigenvalue weighted by Crippen LogP contribution is -2.43. The summed E-state index contributed by atoms with van der Waals surface area (Å²) in [6.07, 6.45) is 2.56. The van der Waals surface area contributed by atoms with Gasteiger partial charge in [-0.15, -0.1) is 0 Å². The fraction of sp³-hybridized carbons (Fsp3) is 0.667. The highest BCUT2D eigenvalue weighted by Crippen LogP contribution is 2.43. The summed E-state index contributed by atoms with van der Waals surface area (Å²) < 4.78 is 10.8. The first-order chi connectivity index (χ1) is 10.8. The summed E-state index contributed by atoms with van der Waals surface area (Å²) in [7, 11) is 3.55. The van der Waals surface area contributed by atoms with E-state index in [0.717, 1.165) is 38.5 Å². The van der Waals surface area contributed by atoms with Crippen LogP contribution in [0.3, 0.4) is 0 Å². The van der Waals surface area contributed by atoms with Crippen molar-refractivity contribution in [1.29, 1.82) is 0 Å². The highest BCUT2D eigenvalue weighted by Gasteiger charge is 2.46. The third-order valence-corrected chi connectivity index (χ3v) is 5.42. The molecule has 0 bridgehead atoms. The van der Waals surface area contributed by atoms with E-state index in [-0.39, 0.29) is 0 Å². The maximum Gasteiger partial charge on any atom is 0.118 e. The lowest BCUT2D eigenvalue weighted by Gasteiger charge is -2.38. The summed E-state index contributed by atoms with van der Waals surface area (Å²) >= 11 is 0. The van der Waals surface area contributed by atoms with E-state index in [0.29, 0.717) is 11.3 Å². The molecule has 2 saturated heterocycles. The van der Waals surface area contributed by atoms with Crippen LogP contribution in [-0.4, -0.2) is 51.9 Å². The standard InChI is InChI=1S/C18H28N2O2/c1-21-13-16-12-20(14-18(16)7-9-19-10-8-18)11-15-3-5-17(22-2)6-4-15/h3-6,16,19H,7-14H2,1-2H3. The van der Waals surface area contributed by atoms with Crippen LogP contribution < -0.4 is 10.1 Å². The number of hydrogen-bond acceptors (Lipinski definition) is 4. The maximum atomic E-state index is 5.52. The van der Waals surface area contributed by atoms with Gasteiger partial charge in [0.05, 0.1) is 13.7 Å². The molecule has 22 heavy (non-hydrogen) atoms. The molecule has 1 aromatic rings. The Labute approximate surface area is 133 Å². The first-order valence-corrected chi connectivity index (χ1v) is 8.31. The average Bonchev–Trinajstić information content (AvgIpc) is 2.86. The minimum absolute atomic E-state index is 0.452. The van der Waals surface area contributed by atoms with Gasteiger partial charge in [0.1, 0.15) is 5.75 Å². The number of piperidine rings is 1. The molecule has 4 nitrogen and oxygen atoms in total. The summed E-state index contributed by atoms with van der Waals surface area (Å²) in [4.78, 5) is 2.61. The van der Waals surface area contributed by atoms with Gasteiger partial charge in [0, 0.05) is 32.7 Å². The van der Waals surface area contributed by atoms with Gasteiger partial charge in [0.2, 0.25) is 0 Å². The average molecular weight is 304 g/mol. The van der Waals surface area contributed by atoms with Gasteiger partial charge in [-0.1, -0.05) is 12.1 Å². The van der Waals surface area contributed by atoms with Gasteiger partial charge < -0.3 is 14.8 Å². The quantitative estimate of drug-likeness (QED) is 0.904. The summed E-state index contributed by atoms with van der Waals surface area (Å²) in [5, 5.41) is 3.50. The monoisotopic (exact) mass is 304 g/mol. The summed E-state index contributed by atoms with van der Waals surface area (Å²) in [6, 6.07) is 8.46. The molecular weight excluding hydrogens is 276 g/mol. The minimum atomic E-state index is 0.452. The van der Waals surface area contributed by atoms with Crippen LogP contribution in [0.2, 0.25) is 0 Å². The van der Waals surface area contributed by atoms with Crippen LogP contribution in [0.25, 0.3) is 0 Å². The van der Waals surface area contributed by atoms with Crippen molar-refractivity contribution in [2.24, 2.45) is 11.3 Å². The van der Waals surface area contributed by atoms with E-state index in [1.165, 1.54) is 24.9 Å². The van der Waals surface area contributed by atoms with Crippen molar-refractivity contribution in [3.8, 4) is 5.75 Å². The number of methoxy groups -OCH3 is 2. The molecule has 4 heteroatoms. The van der Waals surface area contributed by atoms with Gasteiger partial charge in [-0.2, -0.15) is 0 Å². The van der Waals surface area contributed by atoms with Crippen molar-refractivity contribution in [2.75, 3.05) is 47.0 Å². The number of nitrogens with one attached hydrogen (secondary N) is 1. The van der Waals surface area contributed by atoms with Gasteiger partial charge in [-0.3, -0.25) is 4.90 Å². The molecule has 1 spiro atoms. The number of hydrogen-bond donors (Lipinski definition) is 1. The molecule has 1 atom stereocenters. The highest BCUT2D eigenvalue weighted by molar-refractivity contribution is 5.27. The van der Waals surface area contributed by atoms with Crippen molar-refractivity contribution in [1.82, 2.24) is 10.2 Å². The Hall–Kier alpha value is -1.10. The number of rotatable bonds is 5. The third kappa shape index (κ3) is 3.29. The van der Waals surface area contributed by atoms with E-state index in [1.807, 2.05) is 7.11 Å². The van der Waals surface area contributed by atoms with E-state index in [9.17, 15) is 0 Å². The van der Waals surface area contributed by atoms with Crippen LogP contribution in [0, 0.1) is 11.3 Å². The normalized spacial score (nSPS) is 24.7. The third-order valence-electron chi connectivity index (χ3n) is 5.42. The minimum Gasteiger partial charge on any atom is -0.497 e. The van der Waals surface area contributed by atoms with Crippen molar-refractivity contribution >= 4 is 0 Å². The van der Waals surface area contributed by atoms with Crippen molar-refractivity contribution < 1.29 is 9.47 Å². The molecule has 2 aliphatic heterocycles. The molecule has 2 fully saturated rings. The van der Waals surface area contributed by atoms with E-state index in [1.54, 1.807) is 7.11 Å². The number of likely N-dealkylation sites (tertiary alicyclic amines) is 1. The molecule has 1 unspecified atom stereocenters. The Morgan fingerprint density at radius 1 is 1.18 bits per heavy atom. The molecule has 3 rings (SSSR count). The van der Waals surface area contributed by atoms with E-state index < -0.39 is 0 Å². The second kappa shape index (κ2) is 6.99. The Morgan fingerprint density at radius 2 is 1.91 bits per heavy atom. The zero-order valence-electron chi connectivity index (χ0n) is 13.8. The number of ether oxygens (including phenoxy) is 2. The lowest BCUT2D eigenvalue weighted by molar-refractivity contribution is 0.0716. The van der Waals surface area contributed by atoms with E-state index in [4.69, 9.17) is 9.47 Å². The zero-order chi connectivity index (χ0) is 15.4. The molecule has 0 radical (unpaired) electrons. The van der Waals surface area contributed by atoms with Gasteiger partial charge in [-0.05, 0) is 49.0 Å². The van der Waals surface area contributed by atoms with E-state index in [2.05, 4.69) is 34.5 Å². The topological polar surface area (TPSA) is 33.7 Å². The molecule has 2 aliphatic rings. The molecule has 0 amide bonds. The zero-order valence-corrected chi connectivity index (χ0v) is 13.8. The van der Waals surface area contributed by atoms with Crippen molar-refractivity contribution in [3.63, 3.8) is 0 Å². The van der Waals surface area contributed by atoms with Gasteiger partial charge in [0.25, 0.3) is 0 Å². The second-order valence-corrected chi connectivity index (χ2v) is 6.78. The Morgan fingerprint density at radius 3 is 2.55 bits per heavy atom. The van der Waals surface area contributed by atoms with Crippen molar-refractivity contribution in [2.45, 2.75) is 19.4 Å². The van der Waals surface area contributed by atoms with Gasteiger partial charge in [-0.25, -0.2) is 0 Å². The van der Waals surface area contributed by atoms with Gasteiger partial charge in [0.15, 0.2) is 0 Å². The lowest BCUT2D eigenvalue weighted by atomic mass is 9.71. The van der Waals surface area contributed by atoms with E-state index >= 15 is 0 Å². The first-order valence-electron chi connectivity index (χ1n) is 8.31. The molecule has 122 valence electrons. The van der Waals surface area contributed by atoms with Crippen LogP contribution in [0.5, 0.6) is 5.75 Å². The fourth-order valence-corrected chi connectivity index (χ4v) is 4.18. The van der Waals surface area contributed by atoms with Crippen LogP contribution in [0.1, 0.15) is 18.4 Å². The summed E-state index contributed by atoms with van der Waals surface area (Å²) in [6.45, 7) is 6.57. The molecule has 0 aromatic heterocycles. The molecular formula is C18H28N2O2. The largest absolute Gasteiger partial charge is 0.497 e. The fourth-order valence-electron chi connectivity index (χ4n) is 4.18. The maximum absolute atomic E-state index is 5.52.